The predicted molar refractivity (Wildman–Crippen MR) is 184 cm³/mol. The number of rotatable bonds is 6. The second-order valence-electron chi connectivity index (χ2n) is 11.9. The van der Waals surface area contributed by atoms with Crippen LogP contribution >= 0.6 is 0 Å². The molecule has 0 spiro atoms. The molecule has 0 bridgehead atoms. The smallest absolute Gasteiger partial charge is 0.0497 e. The van der Waals surface area contributed by atoms with Crippen molar-refractivity contribution in [2.75, 3.05) is 9.80 Å². The van der Waals surface area contributed by atoms with E-state index in [0.717, 1.165) is 34.1 Å². The summed E-state index contributed by atoms with van der Waals surface area (Å²) in [6.45, 7) is 6.86. The van der Waals surface area contributed by atoms with Crippen molar-refractivity contribution in [3.05, 3.63) is 158 Å². The normalized spacial score (nSPS) is 11.6. The lowest BCUT2D eigenvalue weighted by atomic mass is 10.1. The lowest BCUT2D eigenvalue weighted by molar-refractivity contribution is 0.423. The minimum absolute atomic E-state index is 0.0971. The summed E-state index contributed by atoms with van der Waals surface area (Å²) >= 11 is 0. The number of hydrogen-bond acceptors (Lipinski definition) is 2. The van der Waals surface area contributed by atoms with E-state index in [1.165, 1.54) is 21.8 Å². The van der Waals surface area contributed by atoms with Gasteiger partial charge in [-0.25, -0.2) is 0 Å². The summed E-state index contributed by atoms with van der Waals surface area (Å²) in [5.41, 5.74) is 9.16. The number of hydrogen-bond donors (Lipinski definition) is 0. The van der Waals surface area contributed by atoms with Crippen LogP contribution in [0, 0.1) is 0 Å². The van der Waals surface area contributed by atoms with E-state index in [4.69, 9.17) is 0 Å². The first-order chi connectivity index (χ1) is 21.0. The van der Waals surface area contributed by atoms with Gasteiger partial charge in [0.2, 0.25) is 0 Å². The van der Waals surface area contributed by atoms with Gasteiger partial charge < -0.3 is 14.4 Å². The van der Waals surface area contributed by atoms with Crippen LogP contribution < -0.4 is 9.80 Å². The first-order valence-corrected chi connectivity index (χ1v) is 14.9. The zero-order valence-electron chi connectivity index (χ0n) is 24.9. The number of fused-ring (bicyclic) bond motifs is 3. The highest BCUT2D eigenvalue weighted by Crippen LogP contribution is 2.43. The molecule has 0 atom stereocenters. The minimum atomic E-state index is -0.0971. The van der Waals surface area contributed by atoms with E-state index in [-0.39, 0.29) is 5.54 Å². The van der Waals surface area contributed by atoms with Gasteiger partial charge in [-0.1, -0.05) is 72.8 Å². The summed E-state index contributed by atoms with van der Waals surface area (Å²) in [7, 11) is 0. The van der Waals surface area contributed by atoms with Gasteiger partial charge in [0.25, 0.3) is 0 Å². The third kappa shape index (κ3) is 4.93. The highest BCUT2D eigenvalue weighted by molar-refractivity contribution is 6.11. The van der Waals surface area contributed by atoms with Crippen LogP contribution in [0.4, 0.5) is 34.1 Å². The highest BCUT2D eigenvalue weighted by atomic mass is 15.2. The summed E-state index contributed by atoms with van der Waals surface area (Å²) in [5.74, 6) is 0. The van der Waals surface area contributed by atoms with E-state index < -0.39 is 0 Å². The maximum atomic E-state index is 2.48. The van der Waals surface area contributed by atoms with Crippen LogP contribution in [0.3, 0.4) is 0 Å². The molecule has 0 saturated carbocycles. The summed E-state index contributed by atoms with van der Waals surface area (Å²) in [6, 6.07) is 56.3. The molecular weight excluding hydrogens is 522 g/mol. The summed E-state index contributed by atoms with van der Waals surface area (Å²) < 4.78 is 2.48. The maximum absolute atomic E-state index is 2.48. The Morgan fingerprint density at radius 3 is 0.953 bits per heavy atom. The zero-order chi connectivity index (χ0) is 29.4. The Morgan fingerprint density at radius 2 is 0.674 bits per heavy atom. The van der Waals surface area contributed by atoms with E-state index in [1.807, 2.05) is 0 Å². The molecule has 7 rings (SSSR count). The second-order valence-corrected chi connectivity index (χ2v) is 11.9. The number of anilines is 6. The van der Waals surface area contributed by atoms with Gasteiger partial charge in [-0.05, 0) is 106 Å². The lowest BCUT2D eigenvalue weighted by Crippen LogP contribution is -2.21. The van der Waals surface area contributed by atoms with Crippen LogP contribution in [0.15, 0.2) is 158 Å². The van der Waals surface area contributed by atoms with Crippen LogP contribution in [0.1, 0.15) is 20.8 Å². The Labute approximate surface area is 253 Å². The minimum Gasteiger partial charge on any atom is -0.335 e. The molecule has 7 aromatic rings. The van der Waals surface area contributed by atoms with Gasteiger partial charge >= 0.3 is 0 Å². The Hall–Kier alpha value is -5.28. The van der Waals surface area contributed by atoms with Crippen LogP contribution in [0.2, 0.25) is 0 Å². The van der Waals surface area contributed by atoms with Crippen molar-refractivity contribution in [1.82, 2.24) is 4.57 Å². The molecule has 1 aromatic heterocycles. The Kier molecular flexibility index (Phi) is 6.71. The number of para-hydroxylation sites is 4. The molecule has 6 aromatic carbocycles. The SMILES string of the molecule is CC(C)(C)n1c2ccc(N(c3ccccc3)c3ccccc3)cc2c2cc(N(c3ccccc3)c3ccccc3)ccc21. The first kappa shape index (κ1) is 26.6. The monoisotopic (exact) mass is 557 g/mol. The van der Waals surface area contributed by atoms with E-state index in [2.05, 4.69) is 193 Å². The van der Waals surface area contributed by atoms with Crippen LogP contribution in [-0.2, 0) is 5.54 Å². The Bertz CT molecular complexity index is 1770. The van der Waals surface area contributed by atoms with Crippen LogP contribution in [0.25, 0.3) is 21.8 Å². The van der Waals surface area contributed by atoms with E-state index >= 15 is 0 Å². The zero-order valence-corrected chi connectivity index (χ0v) is 24.9. The maximum Gasteiger partial charge on any atom is 0.0497 e. The molecule has 0 N–H and O–H groups in total. The molecule has 43 heavy (non-hydrogen) atoms. The summed E-state index contributed by atoms with van der Waals surface area (Å²) in [6.07, 6.45) is 0. The van der Waals surface area contributed by atoms with Gasteiger partial charge in [-0.15, -0.1) is 0 Å². The van der Waals surface area contributed by atoms with Gasteiger partial charge in [-0.2, -0.15) is 0 Å². The quantitative estimate of drug-likeness (QED) is 0.201. The Morgan fingerprint density at radius 1 is 0.372 bits per heavy atom. The van der Waals surface area contributed by atoms with Crippen LogP contribution in [0.5, 0.6) is 0 Å². The molecule has 210 valence electrons. The molecule has 0 aliphatic carbocycles. The fraction of sp³-hybridized carbons (Fsp3) is 0.100. The number of benzene rings is 6. The van der Waals surface area contributed by atoms with Crippen molar-refractivity contribution in [3.8, 4) is 0 Å². The molecule has 0 amide bonds. The third-order valence-corrected chi connectivity index (χ3v) is 7.98. The van der Waals surface area contributed by atoms with Crippen molar-refractivity contribution >= 4 is 55.9 Å². The fourth-order valence-corrected chi connectivity index (χ4v) is 6.20. The molecule has 3 heteroatoms. The van der Waals surface area contributed by atoms with E-state index in [1.54, 1.807) is 0 Å². The lowest BCUT2D eigenvalue weighted by Gasteiger charge is -2.27. The molecule has 0 aliphatic rings. The second kappa shape index (κ2) is 10.8. The highest BCUT2D eigenvalue weighted by Gasteiger charge is 2.23. The van der Waals surface area contributed by atoms with Crippen molar-refractivity contribution in [3.63, 3.8) is 0 Å². The average molecular weight is 558 g/mol. The average Bonchev–Trinajstić information content (AvgIpc) is 3.37. The van der Waals surface area contributed by atoms with Crippen molar-refractivity contribution in [1.29, 1.82) is 0 Å². The van der Waals surface area contributed by atoms with Gasteiger partial charge in [0.05, 0.1) is 0 Å². The van der Waals surface area contributed by atoms with Crippen LogP contribution in [-0.4, -0.2) is 4.57 Å². The van der Waals surface area contributed by atoms with Crippen molar-refractivity contribution in [2.24, 2.45) is 0 Å². The molecule has 0 aliphatic heterocycles. The third-order valence-electron chi connectivity index (χ3n) is 7.98. The van der Waals surface area contributed by atoms with E-state index in [9.17, 15) is 0 Å². The number of nitrogens with zero attached hydrogens (tertiary/aromatic N) is 3. The molecule has 1 heterocycles. The van der Waals surface area contributed by atoms with Crippen molar-refractivity contribution < 1.29 is 0 Å². The number of aromatic nitrogens is 1. The summed E-state index contributed by atoms with van der Waals surface area (Å²) in [4.78, 5) is 4.67. The van der Waals surface area contributed by atoms with Gasteiger partial charge in [-0.3, -0.25) is 0 Å². The van der Waals surface area contributed by atoms with Gasteiger partial charge in [0.15, 0.2) is 0 Å². The molecule has 0 saturated heterocycles. The van der Waals surface area contributed by atoms with E-state index in [0.29, 0.717) is 0 Å². The molecule has 0 fully saturated rings. The topological polar surface area (TPSA) is 11.4 Å². The predicted octanol–water partition coefficient (Wildman–Crippen LogP) is 11.5. The fourth-order valence-electron chi connectivity index (χ4n) is 6.20. The largest absolute Gasteiger partial charge is 0.335 e. The molecular formula is C40H35N3. The molecule has 0 radical (unpaired) electrons. The Balaban J connectivity index is 1.48. The van der Waals surface area contributed by atoms with Gasteiger partial charge in [0, 0.05) is 61.5 Å². The standard InChI is InChI=1S/C40H35N3/c1-40(2,3)43-38-26-24-34(41(30-16-8-4-9-17-30)31-18-10-5-11-19-31)28-36(38)37-29-35(25-27-39(37)43)42(32-20-12-6-13-21-32)33-22-14-7-15-23-33/h4-29H,1-3H3. The van der Waals surface area contributed by atoms with Crippen molar-refractivity contribution in [2.45, 2.75) is 26.3 Å². The molecule has 3 nitrogen and oxygen atoms in total. The summed E-state index contributed by atoms with van der Waals surface area (Å²) in [5, 5.41) is 2.48. The molecule has 0 unspecified atom stereocenters. The van der Waals surface area contributed by atoms with Gasteiger partial charge in [0.1, 0.15) is 0 Å². The first-order valence-electron chi connectivity index (χ1n) is 14.9.